The maximum atomic E-state index is 12.8. The Bertz CT molecular complexity index is 1020. The minimum Gasteiger partial charge on any atom is -0.493 e. The van der Waals surface area contributed by atoms with E-state index in [1.54, 1.807) is 18.1 Å². The smallest absolute Gasteiger partial charge is 0.255 e. The van der Waals surface area contributed by atoms with E-state index in [1.165, 1.54) is 6.07 Å². The Morgan fingerprint density at radius 2 is 1.77 bits per heavy atom. The standard InChI is InChI=1S/C20H18N2O4/c1-25-17-8-4-5-9-18(17)26-13-11-22(12-13)20(24)15-10-19(23)21-16-7-3-2-6-14(15)16/h2-10,13H,11-12H2,1H3,(H,21,23). The minimum absolute atomic E-state index is 0.0940. The Balaban J connectivity index is 1.50. The number of pyridine rings is 1. The van der Waals surface area contributed by atoms with E-state index in [2.05, 4.69) is 4.98 Å². The number of hydrogen-bond donors (Lipinski definition) is 1. The summed E-state index contributed by atoms with van der Waals surface area (Å²) in [7, 11) is 1.59. The number of nitrogens with one attached hydrogen (secondary N) is 1. The van der Waals surface area contributed by atoms with E-state index >= 15 is 0 Å². The topological polar surface area (TPSA) is 71.6 Å². The lowest BCUT2D eigenvalue weighted by atomic mass is 10.0. The molecule has 2 aromatic carbocycles. The van der Waals surface area contributed by atoms with Gasteiger partial charge in [0.2, 0.25) is 5.56 Å². The van der Waals surface area contributed by atoms with E-state index in [4.69, 9.17) is 9.47 Å². The van der Waals surface area contributed by atoms with Crippen molar-refractivity contribution >= 4 is 16.8 Å². The molecule has 1 aliphatic heterocycles. The Kier molecular flexibility index (Phi) is 4.08. The predicted octanol–water partition coefficient (Wildman–Crippen LogP) is 2.44. The van der Waals surface area contributed by atoms with Crippen LogP contribution in [0, 0.1) is 0 Å². The molecule has 4 rings (SSSR count). The van der Waals surface area contributed by atoms with Crippen LogP contribution >= 0.6 is 0 Å². The second-order valence-electron chi connectivity index (χ2n) is 6.19. The number of carbonyl (C=O) groups excluding carboxylic acids is 1. The highest BCUT2D eigenvalue weighted by Crippen LogP contribution is 2.29. The van der Waals surface area contributed by atoms with E-state index in [0.717, 1.165) is 5.39 Å². The molecule has 0 unspecified atom stereocenters. The maximum Gasteiger partial charge on any atom is 0.255 e. The van der Waals surface area contributed by atoms with Crippen molar-refractivity contribution in [3.05, 3.63) is 70.5 Å². The molecule has 6 nitrogen and oxygen atoms in total. The SMILES string of the molecule is COc1ccccc1OC1CN(C(=O)c2cc(=O)[nH]c3ccccc23)C1. The zero-order valence-corrected chi connectivity index (χ0v) is 14.3. The third-order valence-electron chi connectivity index (χ3n) is 4.48. The van der Waals surface area contributed by atoms with Gasteiger partial charge in [-0.25, -0.2) is 0 Å². The second-order valence-corrected chi connectivity index (χ2v) is 6.19. The fourth-order valence-electron chi connectivity index (χ4n) is 3.13. The summed E-state index contributed by atoms with van der Waals surface area (Å²) in [6.07, 6.45) is -0.0940. The summed E-state index contributed by atoms with van der Waals surface area (Å²) < 4.78 is 11.2. The van der Waals surface area contributed by atoms with Gasteiger partial charge in [0.1, 0.15) is 6.10 Å². The van der Waals surface area contributed by atoms with Crippen molar-refractivity contribution in [1.82, 2.24) is 9.88 Å². The van der Waals surface area contributed by atoms with E-state index in [9.17, 15) is 9.59 Å². The van der Waals surface area contributed by atoms with Gasteiger partial charge in [0.05, 0.1) is 25.8 Å². The van der Waals surface area contributed by atoms with Crippen LogP contribution in [0.1, 0.15) is 10.4 Å². The zero-order chi connectivity index (χ0) is 18.1. The molecular formula is C20H18N2O4. The lowest BCUT2D eigenvalue weighted by Crippen LogP contribution is -2.56. The molecule has 1 saturated heterocycles. The van der Waals surface area contributed by atoms with Gasteiger partial charge in [-0.05, 0) is 18.2 Å². The lowest BCUT2D eigenvalue weighted by molar-refractivity contribution is 0.0170. The van der Waals surface area contributed by atoms with Crippen LogP contribution in [-0.4, -0.2) is 42.1 Å². The van der Waals surface area contributed by atoms with Crippen LogP contribution in [0.5, 0.6) is 11.5 Å². The van der Waals surface area contributed by atoms with Crippen molar-refractivity contribution in [3.8, 4) is 11.5 Å². The van der Waals surface area contributed by atoms with Crippen molar-refractivity contribution in [2.24, 2.45) is 0 Å². The van der Waals surface area contributed by atoms with Crippen LogP contribution in [0.15, 0.2) is 59.4 Å². The number of benzene rings is 2. The lowest BCUT2D eigenvalue weighted by Gasteiger charge is -2.39. The molecule has 1 N–H and O–H groups in total. The maximum absolute atomic E-state index is 12.8. The van der Waals surface area contributed by atoms with Gasteiger partial charge in [-0.3, -0.25) is 9.59 Å². The number of aromatic nitrogens is 1. The Morgan fingerprint density at radius 3 is 2.54 bits per heavy atom. The summed E-state index contributed by atoms with van der Waals surface area (Å²) in [6, 6.07) is 16.1. The largest absolute Gasteiger partial charge is 0.493 e. The molecule has 1 aliphatic rings. The first kappa shape index (κ1) is 16.2. The van der Waals surface area contributed by atoms with Gasteiger partial charge in [0, 0.05) is 17.0 Å². The zero-order valence-electron chi connectivity index (χ0n) is 14.3. The van der Waals surface area contributed by atoms with Crippen LogP contribution in [0.4, 0.5) is 0 Å². The minimum atomic E-state index is -0.283. The van der Waals surface area contributed by atoms with Crippen LogP contribution in [0.25, 0.3) is 10.9 Å². The number of para-hydroxylation sites is 3. The van der Waals surface area contributed by atoms with E-state index in [1.807, 2.05) is 42.5 Å². The second kappa shape index (κ2) is 6.55. The summed E-state index contributed by atoms with van der Waals surface area (Å²) in [4.78, 5) is 29.1. The van der Waals surface area contributed by atoms with Gasteiger partial charge in [-0.15, -0.1) is 0 Å². The molecule has 2 heterocycles. The molecule has 1 aromatic heterocycles. The summed E-state index contributed by atoms with van der Waals surface area (Å²) in [5.41, 5.74) is 0.792. The van der Waals surface area contributed by atoms with E-state index in [0.29, 0.717) is 35.7 Å². The first-order valence-corrected chi connectivity index (χ1v) is 8.37. The molecule has 0 radical (unpaired) electrons. The third-order valence-corrected chi connectivity index (χ3v) is 4.48. The number of amides is 1. The predicted molar refractivity (Wildman–Crippen MR) is 97.9 cm³/mol. The number of H-pyrrole nitrogens is 1. The third kappa shape index (κ3) is 2.90. The van der Waals surface area contributed by atoms with Gasteiger partial charge in [-0.1, -0.05) is 30.3 Å². The Hall–Kier alpha value is -3.28. The highest BCUT2D eigenvalue weighted by Gasteiger charge is 2.34. The number of fused-ring (bicyclic) bond motifs is 1. The molecule has 1 fully saturated rings. The molecule has 0 bridgehead atoms. The quantitative estimate of drug-likeness (QED) is 0.784. The summed E-state index contributed by atoms with van der Waals surface area (Å²) in [5.74, 6) is 1.17. The van der Waals surface area contributed by atoms with Gasteiger partial charge in [0.25, 0.3) is 5.91 Å². The highest BCUT2D eigenvalue weighted by atomic mass is 16.5. The highest BCUT2D eigenvalue weighted by molar-refractivity contribution is 6.06. The van der Waals surface area contributed by atoms with Crippen molar-refractivity contribution in [1.29, 1.82) is 0 Å². The molecule has 26 heavy (non-hydrogen) atoms. The fraction of sp³-hybridized carbons (Fsp3) is 0.200. The number of methoxy groups -OCH3 is 1. The molecule has 0 saturated carbocycles. The van der Waals surface area contributed by atoms with Crippen LogP contribution in [-0.2, 0) is 0 Å². The molecule has 0 atom stereocenters. The van der Waals surface area contributed by atoms with Crippen molar-refractivity contribution < 1.29 is 14.3 Å². The average molecular weight is 350 g/mol. The number of aromatic amines is 1. The van der Waals surface area contributed by atoms with Crippen LogP contribution < -0.4 is 15.0 Å². The van der Waals surface area contributed by atoms with Gasteiger partial charge < -0.3 is 19.4 Å². The van der Waals surface area contributed by atoms with Crippen LogP contribution in [0.3, 0.4) is 0 Å². The molecular weight excluding hydrogens is 332 g/mol. The molecule has 3 aromatic rings. The van der Waals surface area contributed by atoms with Crippen molar-refractivity contribution in [2.75, 3.05) is 20.2 Å². The Labute approximate surface area is 150 Å². The number of rotatable bonds is 4. The fourth-order valence-corrected chi connectivity index (χ4v) is 3.13. The molecule has 0 aliphatic carbocycles. The van der Waals surface area contributed by atoms with Crippen LogP contribution in [0.2, 0.25) is 0 Å². The van der Waals surface area contributed by atoms with Crippen molar-refractivity contribution in [2.45, 2.75) is 6.10 Å². The van der Waals surface area contributed by atoms with E-state index in [-0.39, 0.29) is 17.6 Å². The first-order valence-electron chi connectivity index (χ1n) is 8.37. The number of hydrogen-bond acceptors (Lipinski definition) is 4. The summed E-state index contributed by atoms with van der Waals surface area (Å²) >= 11 is 0. The molecule has 1 amide bonds. The molecule has 6 heteroatoms. The average Bonchev–Trinajstić information content (AvgIpc) is 2.63. The summed E-state index contributed by atoms with van der Waals surface area (Å²) in [5, 5.41) is 0.742. The van der Waals surface area contributed by atoms with Gasteiger partial charge >= 0.3 is 0 Å². The monoisotopic (exact) mass is 350 g/mol. The number of carbonyl (C=O) groups is 1. The molecule has 132 valence electrons. The summed E-state index contributed by atoms with van der Waals surface area (Å²) in [6.45, 7) is 0.940. The number of likely N-dealkylation sites (tertiary alicyclic amines) is 1. The normalized spacial score (nSPS) is 14.1. The molecule has 0 spiro atoms. The van der Waals surface area contributed by atoms with Crippen molar-refractivity contribution in [3.63, 3.8) is 0 Å². The Morgan fingerprint density at radius 1 is 1.08 bits per heavy atom. The number of ether oxygens (including phenoxy) is 2. The van der Waals surface area contributed by atoms with Gasteiger partial charge in [0.15, 0.2) is 11.5 Å². The van der Waals surface area contributed by atoms with E-state index < -0.39 is 0 Å². The number of nitrogens with zero attached hydrogens (tertiary/aromatic N) is 1. The van der Waals surface area contributed by atoms with Gasteiger partial charge in [-0.2, -0.15) is 0 Å². The first-order chi connectivity index (χ1) is 12.7.